The standard InChI is InChI=1S/C17H20N4O/c22-17(10-4-5-16-20-18-9-21(16)8-10)19-15-7-11-6-14(15)13-3-1-2-12(11)13/h4-5,8-9,11-15H,1-3,6-7H2,(H,19,22). The first-order chi connectivity index (χ1) is 10.8. The Kier molecular flexibility index (Phi) is 2.60. The third kappa shape index (κ3) is 1.74. The van der Waals surface area contributed by atoms with E-state index in [4.69, 9.17) is 0 Å². The van der Waals surface area contributed by atoms with Gasteiger partial charge in [-0.15, -0.1) is 10.2 Å². The van der Waals surface area contributed by atoms with Gasteiger partial charge in [0.25, 0.3) is 5.91 Å². The fraction of sp³-hybridized carbons (Fsp3) is 0.588. The monoisotopic (exact) mass is 296 g/mol. The molecule has 1 amide bonds. The summed E-state index contributed by atoms with van der Waals surface area (Å²) < 4.78 is 1.79. The van der Waals surface area contributed by atoms with Crippen LogP contribution < -0.4 is 5.32 Å². The summed E-state index contributed by atoms with van der Waals surface area (Å²) >= 11 is 0. The van der Waals surface area contributed by atoms with Crippen molar-refractivity contribution in [1.82, 2.24) is 19.9 Å². The number of hydrogen-bond acceptors (Lipinski definition) is 3. The fourth-order valence-corrected chi connectivity index (χ4v) is 5.45. The Bertz CT molecular complexity index is 739. The van der Waals surface area contributed by atoms with E-state index in [0.29, 0.717) is 11.6 Å². The van der Waals surface area contributed by atoms with Crippen molar-refractivity contribution in [2.24, 2.45) is 23.7 Å². The van der Waals surface area contributed by atoms with E-state index in [1.165, 1.54) is 32.1 Å². The van der Waals surface area contributed by atoms with E-state index in [-0.39, 0.29) is 5.91 Å². The molecule has 2 aromatic rings. The molecule has 0 saturated heterocycles. The molecule has 0 spiro atoms. The summed E-state index contributed by atoms with van der Waals surface area (Å²) in [6.07, 6.45) is 10.2. The number of aromatic nitrogens is 3. The van der Waals surface area contributed by atoms with Gasteiger partial charge in [0.05, 0.1) is 5.56 Å². The van der Waals surface area contributed by atoms with Gasteiger partial charge in [0.15, 0.2) is 5.65 Å². The van der Waals surface area contributed by atoms with E-state index >= 15 is 0 Å². The summed E-state index contributed by atoms with van der Waals surface area (Å²) in [5.74, 6) is 3.47. The summed E-state index contributed by atoms with van der Waals surface area (Å²) in [7, 11) is 0. The van der Waals surface area contributed by atoms with Gasteiger partial charge >= 0.3 is 0 Å². The summed E-state index contributed by atoms with van der Waals surface area (Å²) in [5, 5.41) is 11.1. The molecule has 1 N–H and O–H groups in total. The lowest BCUT2D eigenvalue weighted by atomic mass is 9.79. The van der Waals surface area contributed by atoms with Gasteiger partial charge in [-0.3, -0.25) is 9.20 Å². The lowest BCUT2D eigenvalue weighted by Crippen LogP contribution is -2.42. The van der Waals surface area contributed by atoms with Crippen LogP contribution in [0.3, 0.4) is 0 Å². The van der Waals surface area contributed by atoms with Crippen molar-refractivity contribution in [1.29, 1.82) is 0 Å². The second-order valence-electron chi connectivity index (χ2n) is 7.25. The Morgan fingerprint density at radius 1 is 1.18 bits per heavy atom. The normalized spacial score (nSPS) is 35.9. The van der Waals surface area contributed by atoms with Crippen LogP contribution in [0, 0.1) is 23.7 Å². The van der Waals surface area contributed by atoms with Crippen LogP contribution in [0.4, 0.5) is 0 Å². The molecular weight excluding hydrogens is 276 g/mol. The van der Waals surface area contributed by atoms with Crippen LogP contribution in [-0.4, -0.2) is 26.5 Å². The average Bonchev–Trinajstić information content (AvgIpc) is 3.27. The molecule has 5 heteroatoms. The van der Waals surface area contributed by atoms with Gasteiger partial charge in [-0.1, -0.05) is 6.42 Å². The maximum Gasteiger partial charge on any atom is 0.253 e. The molecule has 5 unspecified atom stereocenters. The number of pyridine rings is 1. The van der Waals surface area contributed by atoms with Crippen molar-refractivity contribution >= 4 is 11.6 Å². The number of carbonyl (C=O) groups is 1. The number of amides is 1. The molecule has 0 radical (unpaired) electrons. The fourth-order valence-electron chi connectivity index (χ4n) is 5.45. The van der Waals surface area contributed by atoms with Crippen LogP contribution in [0.2, 0.25) is 0 Å². The Morgan fingerprint density at radius 2 is 2.09 bits per heavy atom. The zero-order valence-corrected chi connectivity index (χ0v) is 12.5. The van der Waals surface area contributed by atoms with Crippen LogP contribution in [0.1, 0.15) is 42.5 Å². The first kappa shape index (κ1) is 12.6. The number of carbonyl (C=O) groups excluding carboxylic acids is 1. The zero-order valence-electron chi connectivity index (χ0n) is 12.5. The van der Waals surface area contributed by atoms with Crippen LogP contribution in [-0.2, 0) is 0 Å². The lowest BCUT2D eigenvalue weighted by molar-refractivity contribution is 0.0900. The molecule has 5 nitrogen and oxygen atoms in total. The molecule has 3 aliphatic rings. The van der Waals surface area contributed by atoms with Gasteiger partial charge in [-0.25, -0.2) is 0 Å². The SMILES string of the molecule is O=C(NC1CC2CC1C1CCCC21)c1ccc2nncn2c1. The minimum Gasteiger partial charge on any atom is -0.349 e. The highest BCUT2D eigenvalue weighted by molar-refractivity contribution is 5.94. The van der Waals surface area contributed by atoms with Gasteiger partial charge in [0, 0.05) is 12.2 Å². The zero-order chi connectivity index (χ0) is 14.7. The van der Waals surface area contributed by atoms with Crippen LogP contribution >= 0.6 is 0 Å². The minimum absolute atomic E-state index is 0.0442. The molecule has 5 rings (SSSR count). The number of nitrogens with one attached hydrogen (secondary N) is 1. The molecule has 3 fully saturated rings. The van der Waals surface area contributed by atoms with Crippen molar-refractivity contribution in [3.05, 3.63) is 30.2 Å². The van der Waals surface area contributed by atoms with Crippen LogP contribution in [0.15, 0.2) is 24.7 Å². The number of fused-ring (bicyclic) bond motifs is 6. The summed E-state index contributed by atoms with van der Waals surface area (Å²) in [6.45, 7) is 0. The molecule has 2 aromatic heterocycles. The van der Waals surface area contributed by atoms with E-state index < -0.39 is 0 Å². The van der Waals surface area contributed by atoms with Crippen molar-refractivity contribution in [2.75, 3.05) is 0 Å². The van der Waals surface area contributed by atoms with Gasteiger partial charge < -0.3 is 5.32 Å². The molecule has 2 bridgehead atoms. The number of hydrogen-bond donors (Lipinski definition) is 1. The summed E-state index contributed by atoms with van der Waals surface area (Å²) in [6, 6.07) is 4.06. The van der Waals surface area contributed by atoms with E-state index in [0.717, 1.165) is 29.3 Å². The minimum atomic E-state index is 0.0442. The molecule has 2 heterocycles. The van der Waals surface area contributed by atoms with Gasteiger partial charge in [-0.2, -0.15) is 0 Å². The molecule has 0 aromatic carbocycles. The second kappa shape index (κ2) is 4.54. The highest BCUT2D eigenvalue weighted by Gasteiger charge is 2.54. The maximum absolute atomic E-state index is 12.6. The molecule has 3 saturated carbocycles. The third-order valence-electron chi connectivity index (χ3n) is 6.30. The molecule has 0 aliphatic heterocycles. The quantitative estimate of drug-likeness (QED) is 0.925. The van der Waals surface area contributed by atoms with Crippen LogP contribution in [0.5, 0.6) is 0 Å². The first-order valence-electron chi connectivity index (χ1n) is 8.40. The molecule has 5 atom stereocenters. The van der Waals surface area contributed by atoms with E-state index in [1.54, 1.807) is 10.7 Å². The second-order valence-corrected chi connectivity index (χ2v) is 7.25. The topological polar surface area (TPSA) is 59.3 Å². The number of rotatable bonds is 2. The highest BCUT2D eigenvalue weighted by Crippen LogP contribution is 2.58. The third-order valence-corrected chi connectivity index (χ3v) is 6.30. The Labute approximate surface area is 129 Å². The summed E-state index contributed by atoms with van der Waals surface area (Å²) in [4.78, 5) is 12.6. The van der Waals surface area contributed by atoms with Crippen molar-refractivity contribution in [3.8, 4) is 0 Å². The van der Waals surface area contributed by atoms with Gasteiger partial charge in [-0.05, 0) is 61.5 Å². The van der Waals surface area contributed by atoms with E-state index in [2.05, 4.69) is 15.5 Å². The predicted octanol–water partition coefficient (Wildman–Crippen LogP) is 2.28. The largest absolute Gasteiger partial charge is 0.349 e. The Hall–Kier alpha value is -1.91. The number of nitrogens with zero attached hydrogens (tertiary/aromatic N) is 3. The average molecular weight is 296 g/mol. The van der Waals surface area contributed by atoms with E-state index in [1.807, 2.05) is 18.3 Å². The molecule has 114 valence electrons. The van der Waals surface area contributed by atoms with Crippen molar-refractivity contribution in [3.63, 3.8) is 0 Å². The predicted molar refractivity (Wildman–Crippen MR) is 81.3 cm³/mol. The molecule has 3 aliphatic carbocycles. The summed E-state index contributed by atoms with van der Waals surface area (Å²) in [5.41, 5.74) is 1.46. The van der Waals surface area contributed by atoms with Crippen molar-refractivity contribution in [2.45, 2.75) is 38.1 Å². The first-order valence-corrected chi connectivity index (χ1v) is 8.40. The lowest BCUT2D eigenvalue weighted by Gasteiger charge is -2.32. The Morgan fingerprint density at radius 3 is 3.05 bits per heavy atom. The van der Waals surface area contributed by atoms with E-state index in [9.17, 15) is 4.79 Å². The highest BCUT2D eigenvalue weighted by atomic mass is 16.1. The maximum atomic E-state index is 12.6. The van der Waals surface area contributed by atoms with Gasteiger partial charge in [0.2, 0.25) is 0 Å². The smallest absolute Gasteiger partial charge is 0.253 e. The van der Waals surface area contributed by atoms with Crippen LogP contribution in [0.25, 0.3) is 5.65 Å². The van der Waals surface area contributed by atoms with Crippen molar-refractivity contribution < 1.29 is 4.79 Å². The Balaban J connectivity index is 1.34. The molecule has 22 heavy (non-hydrogen) atoms. The van der Waals surface area contributed by atoms with Gasteiger partial charge in [0.1, 0.15) is 6.33 Å². The molecular formula is C17H20N4O.